The van der Waals surface area contributed by atoms with Crippen LogP contribution in [-0.4, -0.2) is 47.6 Å². The molecule has 0 aliphatic carbocycles. The molecule has 2 heterocycles. The first kappa shape index (κ1) is 22.4. The van der Waals surface area contributed by atoms with Crippen LogP contribution in [-0.2, 0) is 6.42 Å². The van der Waals surface area contributed by atoms with Crippen molar-refractivity contribution < 1.29 is 9.32 Å². The van der Waals surface area contributed by atoms with E-state index in [4.69, 9.17) is 4.52 Å². The molecule has 7 heteroatoms. The van der Waals surface area contributed by atoms with Gasteiger partial charge in [0.2, 0.25) is 11.7 Å². The third-order valence-electron chi connectivity index (χ3n) is 4.82. The lowest BCUT2D eigenvalue weighted by molar-refractivity contribution is 0.0674. The van der Waals surface area contributed by atoms with E-state index in [9.17, 15) is 4.79 Å². The number of piperidine rings is 1. The molecule has 1 unspecified atom stereocenters. The zero-order chi connectivity index (χ0) is 19.4. The van der Waals surface area contributed by atoms with E-state index in [2.05, 4.69) is 36.2 Å². The molecule has 1 aliphatic heterocycles. The van der Waals surface area contributed by atoms with Crippen molar-refractivity contribution in [1.82, 2.24) is 20.4 Å². The minimum absolute atomic E-state index is 0. The van der Waals surface area contributed by atoms with Gasteiger partial charge in [0.25, 0.3) is 5.91 Å². The van der Waals surface area contributed by atoms with Gasteiger partial charge in [-0.25, -0.2) is 0 Å². The van der Waals surface area contributed by atoms with Gasteiger partial charge in [-0.2, -0.15) is 4.98 Å². The Morgan fingerprint density at radius 1 is 1.36 bits per heavy atom. The molecule has 0 spiro atoms. The lowest BCUT2D eigenvalue weighted by Gasteiger charge is -2.32. The van der Waals surface area contributed by atoms with Gasteiger partial charge in [0.05, 0.1) is 0 Å². The molecule has 6 nitrogen and oxygen atoms in total. The normalized spacial score (nSPS) is 17.3. The molecule has 1 aromatic carbocycles. The van der Waals surface area contributed by atoms with Crippen molar-refractivity contribution in [2.45, 2.75) is 40.0 Å². The monoisotopic (exact) mass is 406 g/mol. The standard InChI is InChI=1S/C21H30N4O2.ClH/c1-21(2,3)12-18-23-19(24-27-18)16-8-5-9-17(11-16)20(26)25-10-6-7-15(14-25)13-22-4;/h5,8-9,11,15,22H,6-7,10,12-14H2,1-4H3;1H. The van der Waals surface area contributed by atoms with Crippen LogP contribution in [0.5, 0.6) is 0 Å². The van der Waals surface area contributed by atoms with Crippen molar-refractivity contribution in [3.8, 4) is 11.4 Å². The number of hydrogen-bond acceptors (Lipinski definition) is 5. The van der Waals surface area contributed by atoms with Crippen molar-refractivity contribution in [3.05, 3.63) is 35.7 Å². The summed E-state index contributed by atoms with van der Waals surface area (Å²) in [5, 5.41) is 7.32. The summed E-state index contributed by atoms with van der Waals surface area (Å²) >= 11 is 0. The van der Waals surface area contributed by atoms with Crippen LogP contribution in [0.4, 0.5) is 0 Å². The molecule has 1 aliphatic rings. The molecule has 0 saturated carbocycles. The molecule has 1 amide bonds. The molecule has 3 rings (SSSR count). The van der Waals surface area contributed by atoms with E-state index in [0.717, 1.165) is 38.0 Å². The summed E-state index contributed by atoms with van der Waals surface area (Å²) in [6.07, 6.45) is 2.95. The molecule has 0 bridgehead atoms. The molecule has 1 N–H and O–H groups in total. The fourth-order valence-corrected chi connectivity index (χ4v) is 3.58. The number of nitrogens with one attached hydrogen (secondary N) is 1. The number of nitrogens with zero attached hydrogens (tertiary/aromatic N) is 3. The minimum Gasteiger partial charge on any atom is -0.339 e. The summed E-state index contributed by atoms with van der Waals surface area (Å²) in [6.45, 7) is 8.98. The molecule has 154 valence electrons. The van der Waals surface area contributed by atoms with Crippen molar-refractivity contribution in [2.75, 3.05) is 26.7 Å². The van der Waals surface area contributed by atoms with Crippen molar-refractivity contribution in [2.24, 2.45) is 11.3 Å². The Balaban J connectivity index is 0.00000280. The van der Waals surface area contributed by atoms with Crippen LogP contribution in [0.3, 0.4) is 0 Å². The highest BCUT2D eigenvalue weighted by Gasteiger charge is 2.24. The average molecular weight is 407 g/mol. The number of hydrogen-bond donors (Lipinski definition) is 1. The number of amides is 1. The Bertz CT molecular complexity index is 783. The van der Waals surface area contributed by atoms with Crippen molar-refractivity contribution in [3.63, 3.8) is 0 Å². The smallest absolute Gasteiger partial charge is 0.253 e. The van der Waals surface area contributed by atoms with E-state index in [1.807, 2.05) is 36.2 Å². The van der Waals surface area contributed by atoms with Crippen LogP contribution in [0.2, 0.25) is 0 Å². The Morgan fingerprint density at radius 3 is 2.86 bits per heavy atom. The number of likely N-dealkylation sites (tertiary alicyclic amines) is 1. The third-order valence-corrected chi connectivity index (χ3v) is 4.82. The molecular weight excluding hydrogens is 376 g/mol. The Morgan fingerprint density at radius 2 is 2.14 bits per heavy atom. The summed E-state index contributed by atoms with van der Waals surface area (Å²) in [5.74, 6) is 1.76. The van der Waals surface area contributed by atoms with Gasteiger partial charge in [0, 0.05) is 30.6 Å². The first-order valence-corrected chi connectivity index (χ1v) is 9.72. The maximum atomic E-state index is 13.0. The number of carbonyl (C=O) groups is 1. The minimum atomic E-state index is 0. The highest BCUT2D eigenvalue weighted by molar-refractivity contribution is 5.95. The summed E-state index contributed by atoms with van der Waals surface area (Å²) < 4.78 is 5.39. The predicted molar refractivity (Wildman–Crippen MR) is 113 cm³/mol. The molecule has 1 saturated heterocycles. The van der Waals surface area contributed by atoms with Crippen LogP contribution in [0.15, 0.2) is 28.8 Å². The fourth-order valence-electron chi connectivity index (χ4n) is 3.58. The molecule has 0 radical (unpaired) electrons. The van der Waals surface area contributed by atoms with E-state index in [0.29, 0.717) is 23.2 Å². The van der Waals surface area contributed by atoms with Crippen molar-refractivity contribution in [1.29, 1.82) is 0 Å². The second-order valence-electron chi connectivity index (χ2n) is 8.65. The van der Waals surface area contributed by atoms with Gasteiger partial charge in [-0.15, -0.1) is 12.4 Å². The molecule has 1 fully saturated rings. The molecule has 2 aromatic rings. The topological polar surface area (TPSA) is 71.3 Å². The lowest BCUT2D eigenvalue weighted by Crippen LogP contribution is -2.42. The fraction of sp³-hybridized carbons (Fsp3) is 0.571. The van der Waals surface area contributed by atoms with Crippen LogP contribution in [0.25, 0.3) is 11.4 Å². The first-order valence-electron chi connectivity index (χ1n) is 9.72. The zero-order valence-electron chi connectivity index (χ0n) is 17.2. The van der Waals surface area contributed by atoms with E-state index in [1.54, 1.807) is 0 Å². The Kier molecular flexibility index (Phi) is 7.61. The second-order valence-corrected chi connectivity index (χ2v) is 8.65. The highest BCUT2D eigenvalue weighted by atomic mass is 35.5. The summed E-state index contributed by atoms with van der Waals surface area (Å²) in [6, 6.07) is 7.54. The van der Waals surface area contributed by atoms with Crippen LogP contribution < -0.4 is 5.32 Å². The summed E-state index contributed by atoms with van der Waals surface area (Å²) in [5.41, 5.74) is 1.58. The molecule has 28 heavy (non-hydrogen) atoms. The number of aromatic nitrogens is 2. The van der Waals surface area contributed by atoms with Gasteiger partial charge >= 0.3 is 0 Å². The Hall–Kier alpha value is -1.92. The SMILES string of the molecule is CNCC1CCCN(C(=O)c2cccc(-c3noc(CC(C)(C)C)n3)c2)C1.Cl. The summed E-state index contributed by atoms with van der Waals surface area (Å²) in [7, 11) is 1.96. The highest BCUT2D eigenvalue weighted by Crippen LogP contribution is 2.24. The maximum Gasteiger partial charge on any atom is 0.253 e. The number of benzene rings is 1. The van der Waals surface area contributed by atoms with E-state index < -0.39 is 0 Å². The number of rotatable bonds is 5. The van der Waals surface area contributed by atoms with Gasteiger partial charge in [0.1, 0.15) is 0 Å². The molecule has 1 aromatic heterocycles. The number of carbonyl (C=O) groups excluding carboxylic acids is 1. The third kappa shape index (κ3) is 5.79. The van der Waals surface area contributed by atoms with Crippen molar-refractivity contribution >= 4 is 18.3 Å². The van der Waals surface area contributed by atoms with E-state index in [1.165, 1.54) is 6.42 Å². The number of halogens is 1. The van der Waals surface area contributed by atoms with Gasteiger partial charge in [-0.3, -0.25) is 4.79 Å². The maximum absolute atomic E-state index is 13.0. The lowest BCUT2D eigenvalue weighted by atomic mass is 9.92. The predicted octanol–water partition coefficient (Wildman–Crippen LogP) is 3.82. The first-order chi connectivity index (χ1) is 12.9. The van der Waals surface area contributed by atoms with Gasteiger partial charge < -0.3 is 14.7 Å². The molecular formula is C21H31ClN4O2. The van der Waals surface area contributed by atoms with E-state index in [-0.39, 0.29) is 23.7 Å². The van der Waals surface area contributed by atoms with Gasteiger partial charge in [-0.1, -0.05) is 38.1 Å². The van der Waals surface area contributed by atoms with Crippen LogP contribution in [0.1, 0.15) is 49.9 Å². The largest absolute Gasteiger partial charge is 0.339 e. The molecule has 1 atom stereocenters. The Labute approximate surface area is 173 Å². The van der Waals surface area contributed by atoms with E-state index >= 15 is 0 Å². The zero-order valence-corrected chi connectivity index (χ0v) is 18.0. The quantitative estimate of drug-likeness (QED) is 0.817. The summed E-state index contributed by atoms with van der Waals surface area (Å²) in [4.78, 5) is 19.4. The average Bonchev–Trinajstić information content (AvgIpc) is 3.08. The van der Waals surface area contributed by atoms with Crippen LogP contribution >= 0.6 is 12.4 Å². The van der Waals surface area contributed by atoms with Gasteiger partial charge in [-0.05, 0) is 49.9 Å². The van der Waals surface area contributed by atoms with Crippen LogP contribution in [0, 0.1) is 11.3 Å². The van der Waals surface area contributed by atoms with Gasteiger partial charge in [0.15, 0.2) is 0 Å². The second kappa shape index (κ2) is 9.52.